The van der Waals surface area contributed by atoms with Gasteiger partial charge in [0.05, 0.1) is 0 Å². The number of ketones is 1. The summed E-state index contributed by atoms with van der Waals surface area (Å²) < 4.78 is 0. The molecule has 0 saturated heterocycles. The van der Waals surface area contributed by atoms with Crippen LogP contribution in [0.3, 0.4) is 0 Å². The fourth-order valence-corrected chi connectivity index (χ4v) is 3.22. The maximum absolute atomic E-state index is 13.0. The van der Waals surface area contributed by atoms with Crippen LogP contribution in [0.5, 0.6) is 0 Å². The number of Topliss-reactive ketones (excluding diaryl/α,β-unsaturated/α-hetero) is 1. The summed E-state index contributed by atoms with van der Waals surface area (Å²) in [5, 5.41) is 0. The van der Waals surface area contributed by atoms with Gasteiger partial charge < -0.3 is 0 Å². The topological polar surface area (TPSA) is 17.1 Å². The van der Waals surface area contributed by atoms with E-state index in [1.165, 1.54) is 5.56 Å². The van der Waals surface area contributed by atoms with Crippen LogP contribution in [0.4, 0.5) is 0 Å². The van der Waals surface area contributed by atoms with Crippen LogP contribution in [0.2, 0.25) is 0 Å². The highest BCUT2D eigenvalue weighted by molar-refractivity contribution is 6.13. The van der Waals surface area contributed by atoms with Crippen LogP contribution in [0.15, 0.2) is 53.6 Å². The maximum Gasteiger partial charge on any atom is 0.193 e. The average molecular weight is 306 g/mol. The molecule has 1 heteroatoms. The number of allylic oxidation sites excluding steroid dienone is 6. The van der Waals surface area contributed by atoms with E-state index in [1.807, 2.05) is 0 Å². The molecule has 1 aromatic rings. The quantitative estimate of drug-likeness (QED) is 0.691. The lowest BCUT2D eigenvalue weighted by molar-refractivity contribution is 0.103. The largest absolute Gasteiger partial charge is 0.289 e. The molecule has 0 saturated carbocycles. The van der Waals surface area contributed by atoms with E-state index in [0.717, 1.165) is 28.7 Å². The summed E-state index contributed by atoms with van der Waals surface area (Å²) in [5.41, 5.74) is 5.32. The summed E-state index contributed by atoms with van der Waals surface area (Å²) in [6.45, 7) is 11.0. The van der Waals surface area contributed by atoms with Crippen molar-refractivity contribution in [2.75, 3.05) is 0 Å². The van der Waals surface area contributed by atoms with E-state index in [2.05, 4.69) is 77.1 Å². The molecule has 0 heterocycles. The van der Waals surface area contributed by atoms with Gasteiger partial charge in [-0.25, -0.2) is 0 Å². The number of carbonyl (C=O) groups excluding carboxylic acids is 1. The van der Waals surface area contributed by atoms with Crippen LogP contribution >= 0.6 is 0 Å². The number of carbonyl (C=O) groups is 1. The Hall–Kier alpha value is -1.89. The van der Waals surface area contributed by atoms with Gasteiger partial charge in [-0.15, -0.1) is 0 Å². The number of hydrogen-bond donors (Lipinski definition) is 0. The molecule has 0 N–H and O–H groups in total. The summed E-state index contributed by atoms with van der Waals surface area (Å²) in [6, 6.07) is 6.39. The zero-order chi connectivity index (χ0) is 16.8. The van der Waals surface area contributed by atoms with E-state index in [1.54, 1.807) is 0 Å². The Morgan fingerprint density at radius 1 is 1.04 bits per heavy atom. The molecule has 2 aliphatic carbocycles. The van der Waals surface area contributed by atoms with Crippen molar-refractivity contribution >= 4 is 5.78 Å². The van der Waals surface area contributed by atoms with E-state index in [4.69, 9.17) is 0 Å². The molecule has 1 aromatic carbocycles. The Labute approximate surface area is 139 Å². The van der Waals surface area contributed by atoms with Crippen molar-refractivity contribution in [3.63, 3.8) is 0 Å². The zero-order valence-electron chi connectivity index (χ0n) is 14.8. The van der Waals surface area contributed by atoms with Gasteiger partial charge in [0.1, 0.15) is 0 Å². The van der Waals surface area contributed by atoms with E-state index < -0.39 is 0 Å². The number of fused-ring (bicyclic) bond motifs is 1. The smallest absolute Gasteiger partial charge is 0.193 e. The maximum atomic E-state index is 13.0. The van der Waals surface area contributed by atoms with Gasteiger partial charge in [-0.05, 0) is 41.0 Å². The molecule has 2 aliphatic rings. The van der Waals surface area contributed by atoms with Crippen LogP contribution in [-0.2, 0) is 6.42 Å². The summed E-state index contributed by atoms with van der Waals surface area (Å²) in [5.74, 6) is 1.12. The summed E-state index contributed by atoms with van der Waals surface area (Å²) >= 11 is 0. The minimum absolute atomic E-state index is 0.00684. The number of benzene rings is 1. The van der Waals surface area contributed by atoms with E-state index in [9.17, 15) is 4.79 Å². The second kappa shape index (κ2) is 5.63. The van der Waals surface area contributed by atoms with Crippen LogP contribution in [-0.4, -0.2) is 5.78 Å². The average Bonchev–Trinajstić information content (AvgIpc) is 2.68. The Morgan fingerprint density at radius 2 is 1.74 bits per heavy atom. The van der Waals surface area contributed by atoms with Gasteiger partial charge >= 0.3 is 0 Å². The second-order valence-electron chi connectivity index (χ2n) is 7.70. The van der Waals surface area contributed by atoms with Gasteiger partial charge in [-0.1, -0.05) is 71.1 Å². The van der Waals surface area contributed by atoms with Crippen molar-refractivity contribution in [1.82, 2.24) is 0 Å². The molecule has 3 rings (SSSR count). The van der Waals surface area contributed by atoms with Crippen LogP contribution in [0, 0.1) is 11.3 Å². The molecule has 0 aromatic heterocycles. The molecule has 120 valence electrons. The van der Waals surface area contributed by atoms with Gasteiger partial charge in [0, 0.05) is 16.6 Å². The fourth-order valence-electron chi connectivity index (χ4n) is 3.22. The third-order valence-corrected chi connectivity index (χ3v) is 5.51. The molecule has 1 unspecified atom stereocenters. The number of rotatable bonds is 2. The summed E-state index contributed by atoms with van der Waals surface area (Å²) in [4.78, 5) is 13.0. The van der Waals surface area contributed by atoms with E-state index in [0.29, 0.717) is 11.8 Å². The monoisotopic (exact) mass is 306 g/mol. The van der Waals surface area contributed by atoms with Crippen molar-refractivity contribution in [2.24, 2.45) is 11.3 Å². The summed E-state index contributed by atoms with van der Waals surface area (Å²) in [6.07, 6.45) is 9.54. The Balaban J connectivity index is 2.04. The van der Waals surface area contributed by atoms with Gasteiger partial charge in [0.25, 0.3) is 0 Å². The molecule has 0 bridgehead atoms. The molecular formula is C22H26O. The molecule has 1 atom stereocenters. The lowest BCUT2D eigenvalue weighted by Crippen LogP contribution is -2.17. The minimum atomic E-state index is 0.00684. The highest BCUT2D eigenvalue weighted by Gasteiger charge is 2.29. The van der Waals surface area contributed by atoms with Crippen molar-refractivity contribution in [2.45, 2.75) is 47.0 Å². The molecule has 0 radical (unpaired) electrons. The Bertz CT molecular complexity index is 743. The van der Waals surface area contributed by atoms with Crippen molar-refractivity contribution < 1.29 is 4.79 Å². The number of hydrogen-bond acceptors (Lipinski definition) is 1. The van der Waals surface area contributed by atoms with Crippen LogP contribution in [0.25, 0.3) is 0 Å². The summed E-state index contributed by atoms with van der Waals surface area (Å²) in [7, 11) is 0. The predicted molar refractivity (Wildman–Crippen MR) is 96.8 cm³/mol. The first-order valence-electron chi connectivity index (χ1n) is 8.61. The lowest BCUT2D eigenvalue weighted by Gasteiger charge is -2.26. The molecule has 0 spiro atoms. The first-order chi connectivity index (χ1) is 10.8. The third-order valence-electron chi connectivity index (χ3n) is 5.51. The van der Waals surface area contributed by atoms with Crippen molar-refractivity contribution in [3.8, 4) is 0 Å². The highest BCUT2D eigenvalue weighted by Crippen LogP contribution is 2.37. The normalized spacial score (nSPS) is 23.3. The Morgan fingerprint density at radius 3 is 2.39 bits per heavy atom. The molecule has 0 amide bonds. The molecular weight excluding hydrogens is 280 g/mol. The Kier molecular flexibility index (Phi) is 3.91. The standard InChI is InChI=1S/C22H26O/c1-14(2)16-6-7-17-12-18-8-10-22(5,15(3)4)11-9-19(18)21(23)20(17)13-16/h6-11,13-15H,12H2,1-5H3. The highest BCUT2D eigenvalue weighted by atomic mass is 16.1. The predicted octanol–water partition coefficient (Wildman–Crippen LogP) is 5.63. The van der Waals surface area contributed by atoms with Crippen molar-refractivity contribution in [3.05, 3.63) is 70.3 Å². The SMILES string of the molecule is CC(C)c1ccc2c(c1)C(=O)C1=C(C=CC(C)(C(C)C)C=C1)C2. The third kappa shape index (κ3) is 2.73. The molecule has 0 fully saturated rings. The van der Waals surface area contributed by atoms with Crippen molar-refractivity contribution in [1.29, 1.82) is 0 Å². The second-order valence-corrected chi connectivity index (χ2v) is 7.70. The minimum Gasteiger partial charge on any atom is -0.289 e. The first kappa shape index (κ1) is 16.0. The molecule has 0 aliphatic heterocycles. The van der Waals surface area contributed by atoms with E-state index in [-0.39, 0.29) is 11.2 Å². The first-order valence-corrected chi connectivity index (χ1v) is 8.61. The molecule has 23 heavy (non-hydrogen) atoms. The lowest BCUT2D eigenvalue weighted by atomic mass is 9.79. The van der Waals surface area contributed by atoms with Gasteiger partial charge in [-0.3, -0.25) is 4.79 Å². The van der Waals surface area contributed by atoms with Gasteiger partial charge in [0.2, 0.25) is 0 Å². The molecule has 1 nitrogen and oxygen atoms in total. The van der Waals surface area contributed by atoms with E-state index >= 15 is 0 Å². The fraction of sp³-hybridized carbons (Fsp3) is 0.409. The van der Waals surface area contributed by atoms with Gasteiger partial charge in [0.15, 0.2) is 5.78 Å². The van der Waals surface area contributed by atoms with Crippen LogP contribution < -0.4 is 0 Å². The van der Waals surface area contributed by atoms with Crippen LogP contribution in [0.1, 0.15) is 62.0 Å². The zero-order valence-corrected chi connectivity index (χ0v) is 14.8. The van der Waals surface area contributed by atoms with Gasteiger partial charge in [-0.2, -0.15) is 0 Å².